The van der Waals surface area contributed by atoms with Gasteiger partial charge < -0.3 is 11.1 Å². The van der Waals surface area contributed by atoms with Gasteiger partial charge in [0.2, 0.25) is 5.91 Å². The number of primary amides is 1. The van der Waals surface area contributed by atoms with Gasteiger partial charge in [-0.15, -0.1) is 11.8 Å². The number of nitrogens with one attached hydrogen (secondary N) is 1. The van der Waals surface area contributed by atoms with Crippen molar-refractivity contribution >= 4 is 29.3 Å². The van der Waals surface area contributed by atoms with Gasteiger partial charge in [0.15, 0.2) is 0 Å². The summed E-state index contributed by atoms with van der Waals surface area (Å²) in [6, 6.07) is 11.3. The third-order valence-electron chi connectivity index (χ3n) is 2.87. The Kier molecular flexibility index (Phi) is 5.16. The normalized spacial score (nSPS) is 10.3. The van der Waals surface area contributed by atoms with Gasteiger partial charge in [-0.05, 0) is 36.8 Å². The lowest BCUT2D eigenvalue weighted by molar-refractivity contribution is -0.115. The monoisotopic (exact) mass is 318 g/mol. The van der Waals surface area contributed by atoms with Gasteiger partial charge in [0, 0.05) is 4.90 Å². The predicted molar refractivity (Wildman–Crippen MR) is 85.5 cm³/mol. The van der Waals surface area contributed by atoms with Crippen LogP contribution in [0.4, 0.5) is 10.1 Å². The summed E-state index contributed by atoms with van der Waals surface area (Å²) in [5, 5.41) is 2.55. The fourth-order valence-electron chi connectivity index (χ4n) is 1.85. The van der Waals surface area contributed by atoms with E-state index in [0.29, 0.717) is 10.5 Å². The average Bonchev–Trinajstić information content (AvgIpc) is 2.49. The minimum atomic E-state index is -0.499. The summed E-state index contributed by atoms with van der Waals surface area (Å²) in [5.41, 5.74) is 6.45. The van der Waals surface area contributed by atoms with Gasteiger partial charge in [-0.1, -0.05) is 18.2 Å². The number of rotatable bonds is 5. The van der Waals surface area contributed by atoms with Gasteiger partial charge in [0.25, 0.3) is 5.91 Å². The van der Waals surface area contributed by atoms with Crippen LogP contribution in [0.3, 0.4) is 0 Å². The molecule has 0 aliphatic rings. The van der Waals surface area contributed by atoms with Crippen LogP contribution < -0.4 is 11.1 Å². The van der Waals surface area contributed by atoms with Crippen LogP contribution in [-0.2, 0) is 4.79 Å². The molecule has 114 valence electrons. The lowest BCUT2D eigenvalue weighted by Crippen LogP contribution is -2.16. The molecule has 3 N–H and O–H groups in total. The minimum absolute atomic E-state index is 0.0725. The van der Waals surface area contributed by atoms with E-state index in [-0.39, 0.29) is 11.4 Å². The minimum Gasteiger partial charge on any atom is -0.369 e. The Morgan fingerprint density at radius 1 is 1.23 bits per heavy atom. The maximum Gasteiger partial charge on any atom is 0.256 e. The number of carbonyl (C=O) groups is 2. The number of nitrogens with two attached hydrogens (primary N) is 1. The number of carbonyl (C=O) groups excluding carboxylic acids is 2. The molecule has 6 heteroatoms. The Labute approximate surface area is 131 Å². The first-order valence-electron chi connectivity index (χ1n) is 6.55. The molecule has 0 bridgehead atoms. The molecule has 0 aromatic heterocycles. The van der Waals surface area contributed by atoms with Crippen molar-refractivity contribution in [1.29, 1.82) is 0 Å². The Hall–Kier alpha value is -2.34. The van der Waals surface area contributed by atoms with Gasteiger partial charge >= 0.3 is 0 Å². The second-order valence-electron chi connectivity index (χ2n) is 4.69. The van der Waals surface area contributed by atoms with Crippen LogP contribution in [0.2, 0.25) is 0 Å². The van der Waals surface area contributed by atoms with E-state index in [2.05, 4.69) is 5.32 Å². The lowest BCUT2D eigenvalue weighted by Gasteiger charge is -2.10. The fraction of sp³-hybridized carbons (Fsp3) is 0.125. The number of hydrogen-bond donors (Lipinski definition) is 2. The Balaban J connectivity index is 2.22. The standard InChI is InChI=1S/C16H15FN2O2S/c1-10-6-7-12(17)13(8-10)19-16(21)11-4-2-3-5-14(11)22-9-15(18)20/h2-8H,9H2,1H3,(H2,18,20)(H,19,21). The summed E-state index contributed by atoms with van der Waals surface area (Å²) < 4.78 is 13.7. The van der Waals surface area contributed by atoms with E-state index in [4.69, 9.17) is 5.73 Å². The number of hydrogen-bond acceptors (Lipinski definition) is 3. The molecule has 0 unspecified atom stereocenters. The first-order chi connectivity index (χ1) is 10.5. The number of benzene rings is 2. The zero-order chi connectivity index (χ0) is 16.1. The van der Waals surface area contributed by atoms with Crippen molar-refractivity contribution in [3.63, 3.8) is 0 Å². The zero-order valence-electron chi connectivity index (χ0n) is 11.9. The van der Waals surface area contributed by atoms with Crippen LogP contribution in [0.5, 0.6) is 0 Å². The van der Waals surface area contributed by atoms with Crippen molar-refractivity contribution in [3.05, 3.63) is 59.4 Å². The maximum absolute atomic E-state index is 13.7. The van der Waals surface area contributed by atoms with Gasteiger partial charge in [-0.3, -0.25) is 9.59 Å². The topological polar surface area (TPSA) is 72.2 Å². The fourth-order valence-corrected chi connectivity index (χ4v) is 2.64. The van der Waals surface area contributed by atoms with Crippen LogP contribution in [0.25, 0.3) is 0 Å². The molecule has 2 amide bonds. The van der Waals surface area contributed by atoms with Crippen LogP contribution in [0, 0.1) is 12.7 Å². The second kappa shape index (κ2) is 7.09. The highest BCUT2D eigenvalue weighted by Gasteiger charge is 2.14. The van der Waals surface area contributed by atoms with Gasteiger partial charge in [0.05, 0.1) is 17.0 Å². The molecule has 0 heterocycles. The van der Waals surface area contributed by atoms with Crippen molar-refractivity contribution in [2.75, 3.05) is 11.1 Å². The Bertz CT molecular complexity index is 719. The molecule has 0 aliphatic heterocycles. The molecule has 4 nitrogen and oxygen atoms in total. The van der Waals surface area contributed by atoms with E-state index in [1.807, 2.05) is 6.92 Å². The van der Waals surface area contributed by atoms with Crippen molar-refractivity contribution in [3.8, 4) is 0 Å². The van der Waals surface area contributed by atoms with E-state index < -0.39 is 17.6 Å². The lowest BCUT2D eigenvalue weighted by atomic mass is 10.2. The third kappa shape index (κ3) is 4.08. The largest absolute Gasteiger partial charge is 0.369 e. The quantitative estimate of drug-likeness (QED) is 0.833. The number of halogens is 1. The van der Waals surface area contributed by atoms with Crippen molar-refractivity contribution < 1.29 is 14.0 Å². The number of anilines is 1. The highest BCUT2D eigenvalue weighted by Crippen LogP contribution is 2.24. The van der Waals surface area contributed by atoms with E-state index in [1.54, 1.807) is 36.4 Å². The molecule has 0 saturated carbocycles. The van der Waals surface area contributed by atoms with Gasteiger partial charge in [-0.2, -0.15) is 0 Å². The van der Waals surface area contributed by atoms with Crippen molar-refractivity contribution in [2.24, 2.45) is 5.73 Å². The zero-order valence-corrected chi connectivity index (χ0v) is 12.7. The molecular formula is C16H15FN2O2S. The molecule has 0 fully saturated rings. The van der Waals surface area contributed by atoms with Crippen LogP contribution in [0.15, 0.2) is 47.4 Å². The van der Waals surface area contributed by atoms with E-state index in [9.17, 15) is 14.0 Å². The Morgan fingerprint density at radius 2 is 1.95 bits per heavy atom. The molecule has 0 saturated heterocycles. The van der Waals surface area contributed by atoms with Crippen LogP contribution in [0.1, 0.15) is 15.9 Å². The highest BCUT2D eigenvalue weighted by atomic mass is 32.2. The first kappa shape index (κ1) is 16.0. The van der Waals surface area contributed by atoms with Crippen molar-refractivity contribution in [1.82, 2.24) is 0 Å². The number of amides is 2. The molecule has 2 aromatic carbocycles. The number of aryl methyl sites for hydroxylation is 1. The third-order valence-corrected chi connectivity index (χ3v) is 3.97. The highest BCUT2D eigenvalue weighted by molar-refractivity contribution is 8.00. The summed E-state index contributed by atoms with van der Waals surface area (Å²) in [7, 11) is 0. The maximum atomic E-state index is 13.7. The molecule has 0 spiro atoms. The summed E-state index contributed by atoms with van der Waals surface area (Å²) in [5.74, 6) is -1.33. The second-order valence-corrected chi connectivity index (χ2v) is 5.71. The first-order valence-corrected chi connectivity index (χ1v) is 7.53. The smallest absolute Gasteiger partial charge is 0.256 e. The Morgan fingerprint density at radius 3 is 2.68 bits per heavy atom. The van der Waals surface area contributed by atoms with E-state index in [0.717, 1.165) is 5.56 Å². The van der Waals surface area contributed by atoms with Gasteiger partial charge in [0.1, 0.15) is 5.82 Å². The number of thioether (sulfide) groups is 1. The van der Waals surface area contributed by atoms with E-state index in [1.165, 1.54) is 17.8 Å². The summed E-state index contributed by atoms with van der Waals surface area (Å²) in [6.45, 7) is 1.81. The molecule has 0 atom stereocenters. The van der Waals surface area contributed by atoms with Gasteiger partial charge in [-0.25, -0.2) is 4.39 Å². The summed E-state index contributed by atoms with van der Waals surface area (Å²) in [6.07, 6.45) is 0. The summed E-state index contributed by atoms with van der Waals surface area (Å²) in [4.78, 5) is 23.8. The average molecular weight is 318 g/mol. The van der Waals surface area contributed by atoms with E-state index >= 15 is 0 Å². The molecule has 2 rings (SSSR count). The SMILES string of the molecule is Cc1ccc(F)c(NC(=O)c2ccccc2SCC(N)=O)c1. The van der Waals surface area contributed by atoms with Crippen LogP contribution in [-0.4, -0.2) is 17.6 Å². The molecule has 2 aromatic rings. The van der Waals surface area contributed by atoms with Crippen LogP contribution >= 0.6 is 11.8 Å². The molecular weight excluding hydrogens is 303 g/mol. The molecule has 22 heavy (non-hydrogen) atoms. The molecule has 0 radical (unpaired) electrons. The van der Waals surface area contributed by atoms with Crippen molar-refractivity contribution in [2.45, 2.75) is 11.8 Å². The summed E-state index contributed by atoms with van der Waals surface area (Å²) >= 11 is 1.17. The predicted octanol–water partition coefficient (Wildman–Crippen LogP) is 2.96. The molecule has 0 aliphatic carbocycles.